The second-order valence-corrected chi connectivity index (χ2v) is 5.13. The van der Waals surface area contributed by atoms with Gasteiger partial charge in [0.2, 0.25) is 0 Å². The molecule has 0 atom stereocenters. The molecular weight excluding hydrogens is 222 g/mol. The molecule has 0 unspecified atom stereocenters. The van der Waals surface area contributed by atoms with Crippen molar-refractivity contribution in [2.24, 2.45) is 0 Å². The van der Waals surface area contributed by atoms with Crippen LogP contribution >= 0.6 is 11.8 Å². The number of benzene rings is 1. The maximum atomic E-state index is 10.7. The number of hydrogen-bond donors (Lipinski definition) is 1. The Labute approximate surface area is 99.5 Å². The second-order valence-electron chi connectivity index (χ2n) is 3.79. The van der Waals surface area contributed by atoms with Gasteiger partial charge in [-0.25, -0.2) is 0 Å². The maximum Gasteiger partial charge on any atom is 0.323 e. The Kier molecular flexibility index (Phi) is 3.39. The van der Waals surface area contributed by atoms with Crippen LogP contribution < -0.4 is 4.90 Å². The van der Waals surface area contributed by atoms with Gasteiger partial charge < -0.3 is 10.0 Å². The van der Waals surface area contributed by atoms with Gasteiger partial charge in [0, 0.05) is 17.1 Å². The van der Waals surface area contributed by atoms with Gasteiger partial charge in [0.1, 0.15) is 6.54 Å². The Morgan fingerprint density at radius 2 is 2.38 bits per heavy atom. The number of thioether (sulfide) groups is 1. The molecule has 0 bridgehead atoms. The summed E-state index contributed by atoms with van der Waals surface area (Å²) in [4.78, 5) is 13.9. The lowest BCUT2D eigenvalue weighted by molar-refractivity contribution is -0.135. The van der Waals surface area contributed by atoms with Crippen molar-refractivity contribution in [3.05, 3.63) is 23.8 Å². The first kappa shape index (κ1) is 11.3. The summed E-state index contributed by atoms with van der Waals surface area (Å²) in [6, 6.07) is 6.31. The molecule has 0 saturated heterocycles. The minimum absolute atomic E-state index is 0.104. The Morgan fingerprint density at radius 1 is 1.56 bits per heavy atom. The molecule has 3 nitrogen and oxygen atoms in total. The molecule has 0 amide bonds. The minimum atomic E-state index is -0.764. The van der Waals surface area contributed by atoms with Crippen molar-refractivity contribution < 1.29 is 9.90 Å². The van der Waals surface area contributed by atoms with Gasteiger partial charge in [0.05, 0.1) is 0 Å². The highest BCUT2D eigenvalue weighted by atomic mass is 32.2. The Balaban J connectivity index is 2.18. The van der Waals surface area contributed by atoms with Crippen molar-refractivity contribution in [1.29, 1.82) is 0 Å². The summed E-state index contributed by atoms with van der Waals surface area (Å²) in [5, 5.41) is 8.79. The van der Waals surface area contributed by atoms with E-state index < -0.39 is 5.97 Å². The van der Waals surface area contributed by atoms with Crippen LogP contribution in [0.25, 0.3) is 0 Å². The van der Waals surface area contributed by atoms with E-state index in [9.17, 15) is 4.79 Å². The normalized spacial score (nSPS) is 13.9. The van der Waals surface area contributed by atoms with E-state index in [0.29, 0.717) is 0 Å². The molecule has 1 aliphatic rings. The zero-order valence-electron chi connectivity index (χ0n) is 9.27. The molecule has 0 saturated carbocycles. The smallest absolute Gasteiger partial charge is 0.323 e. The van der Waals surface area contributed by atoms with Crippen LogP contribution in [0.2, 0.25) is 0 Å². The molecule has 0 aromatic heterocycles. The minimum Gasteiger partial charge on any atom is -0.480 e. The number of carbonyl (C=O) groups is 1. The van der Waals surface area contributed by atoms with Gasteiger partial charge in [-0.2, -0.15) is 0 Å². The molecule has 1 aromatic carbocycles. The molecule has 0 fully saturated rings. The molecule has 16 heavy (non-hydrogen) atoms. The lowest BCUT2D eigenvalue weighted by Gasteiger charge is -2.16. The molecular formula is C12H15NO2S. The van der Waals surface area contributed by atoms with E-state index in [-0.39, 0.29) is 6.54 Å². The van der Waals surface area contributed by atoms with Crippen LogP contribution in [0.15, 0.2) is 23.1 Å². The van der Waals surface area contributed by atoms with E-state index in [2.05, 4.69) is 19.1 Å². The fourth-order valence-corrected chi connectivity index (χ4v) is 2.75. The van der Waals surface area contributed by atoms with Gasteiger partial charge in [-0.3, -0.25) is 4.79 Å². The van der Waals surface area contributed by atoms with Crippen LogP contribution in [0.4, 0.5) is 5.69 Å². The molecule has 4 heteroatoms. The number of anilines is 1. The van der Waals surface area contributed by atoms with E-state index in [0.717, 1.165) is 24.4 Å². The molecule has 2 rings (SSSR count). The van der Waals surface area contributed by atoms with Crippen molar-refractivity contribution in [3.63, 3.8) is 0 Å². The van der Waals surface area contributed by atoms with Crippen molar-refractivity contribution in [2.75, 3.05) is 23.7 Å². The van der Waals surface area contributed by atoms with Gasteiger partial charge in [0.25, 0.3) is 0 Å². The van der Waals surface area contributed by atoms with Gasteiger partial charge in [-0.15, -0.1) is 11.8 Å². The zero-order chi connectivity index (χ0) is 11.5. The largest absolute Gasteiger partial charge is 0.480 e. The maximum absolute atomic E-state index is 10.7. The van der Waals surface area contributed by atoms with E-state index in [1.54, 1.807) is 0 Å². The van der Waals surface area contributed by atoms with Crippen molar-refractivity contribution in [3.8, 4) is 0 Å². The van der Waals surface area contributed by atoms with Gasteiger partial charge in [-0.1, -0.05) is 6.92 Å². The second kappa shape index (κ2) is 4.78. The number of carboxylic acid groups (broad SMARTS) is 1. The topological polar surface area (TPSA) is 40.5 Å². The van der Waals surface area contributed by atoms with Gasteiger partial charge in [-0.05, 0) is 35.9 Å². The first-order valence-electron chi connectivity index (χ1n) is 5.43. The summed E-state index contributed by atoms with van der Waals surface area (Å²) in [5.74, 6) is 0.303. The average Bonchev–Trinajstić information content (AvgIpc) is 2.61. The average molecular weight is 237 g/mol. The van der Waals surface area contributed by atoms with Crippen molar-refractivity contribution >= 4 is 23.4 Å². The third-order valence-corrected chi connectivity index (χ3v) is 3.56. The highest BCUT2D eigenvalue weighted by molar-refractivity contribution is 7.99. The van der Waals surface area contributed by atoms with Crippen LogP contribution in [0.3, 0.4) is 0 Å². The molecule has 1 aliphatic heterocycles. The summed E-state index contributed by atoms with van der Waals surface area (Å²) >= 11 is 1.82. The number of carboxylic acids is 1. The predicted octanol–water partition coefficient (Wildman–Crippen LogP) is 2.25. The van der Waals surface area contributed by atoms with Crippen molar-refractivity contribution in [2.45, 2.75) is 18.2 Å². The summed E-state index contributed by atoms with van der Waals surface area (Å²) in [5.41, 5.74) is 2.36. The number of fused-ring (bicyclic) bond motifs is 1. The summed E-state index contributed by atoms with van der Waals surface area (Å²) in [6.07, 6.45) is 0.959. The van der Waals surface area contributed by atoms with E-state index in [1.807, 2.05) is 22.7 Å². The molecule has 0 aliphatic carbocycles. The monoisotopic (exact) mass is 237 g/mol. The van der Waals surface area contributed by atoms with Crippen LogP contribution in [-0.2, 0) is 11.2 Å². The summed E-state index contributed by atoms with van der Waals surface area (Å²) in [6.45, 7) is 3.06. The number of hydrogen-bond acceptors (Lipinski definition) is 3. The van der Waals surface area contributed by atoms with E-state index in [1.165, 1.54) is 10.5 Å². The quantitative estimate of drug-likeness (QED) is 0.815. The number of nitrogens with zero attached hydrogens (tertiary/aromatic N) is 1. The fourth-order valence-electron chi connectivity index (χ4n) is 2.03. The molecule has 0 radical (unpaired) electrons. The lowest BCUT2D eigenvalue weighted by Crippen LogP contribution is -2.27. The highest BCUT2D eigenvalue weighted by Gasteiger charge is 2.20. The van der Waals surface area contributed by atoms with Crippen LogP contribution in [0, 0.1) is 0 Å². The predicted molar refractivity (Wildman–Crippen MR) is 66.4 cm³/mol. The Morgan fingerprint density at radius 3 is 3.06 bits per heavy atom. The van der Waals surface area contributed by atoms with Crippen LogP contribution in [0.1, 0.15) is 12.5 Å². The fraction of sp³-hybridized carbons (Fsp3) is 0.417. The van der Waals surface area contributed by atoms with Crippen LogP contribution in [-0.4, -0.2) is 29.9 Å². The Hall–Kier alpha value is -1.16. The first-order valence-corrected chi connectivity index (χ1v) is 6.41. The molecule has 0 spiro atoms. The van der Waals surface area contributed by atoms with Crippen molar-refractivity contribution in [1.82, 2.24) is 0 Å². The lowest BCUT2D eigenvalue weighted by atomic mass is 10.2. The number of rotatable bonds is 4. The van der Waals surface area contributed by atoms with Crippen LogP contribution in [0.5, 0.6) is 0 Å². The summed E-state index contributed by atoms with van der Waals surface area (Å²) in [7, 11) is 0. The van der Waals surface area contributed by atoms with E-state index in [4.69, 9.17) is 5.11 Å². The van der Waals surface area contributed by atoms with Gasteiger partial charge >= 0.3 is 5.97 Å². The first-order chi connectivity index (χ1) is 7.70. The molecule has 86 valence electrons. The van der Waals surface area contributed by atoms with Gasteiger partial charge in [0.15, 0.2) is 0 Å². The molecule has 1 N–H and O–H groups in total. The van der Waals surface area contributed by atoms with E-state index >= 15 is 0 Å². The third kappa shape index (κ3) is 2.32. The SMILES string of the molecule is CCSc1ccc2c(c1)CCN2CC(=O)O. The highest BCUT2D eigenvalue weighted by Crippen LogP contribution is 2.31. The zero-order valence-corrected chi connectivity index (χ0v) is 10.1. The third-order valence-electron chi connectivity index (χ3n) is 2.68. The molecule has 1 heterocycles. The standard InChI is InChI=1S/C12H15NO2S/c1-2-16-10-3-4-11-9(7-10)5-6-13(11)8-12(14)15/h3-4,7H,2,5-6,8H2,1H3,(H,14,15). The molecule has 1 aromatic rings. The Bertz CT molecular complexity index is 406. The summed E-state index contributed by atoms with van der Waals surface area (Å²) < 4.78 is 0. The number of aliphatic carboxylic acids is 1.